The number of esters is 1. The molecule has 0 saturated heterocycles. The Kier molecular flexibility index (Phi) is 7.59. The van der Waals surface area contributed by atoms with E-state index >= 15 is 0 Å². The van der Waals surface area contributed by atoms with E-state index in [9.17, 15) is 14.7 Å². The first kappa shape index (κ1) is 31.9. The molecule has 0 unspecified atom stereocenters. The second-order valence-electron chi connectivity index (χ2n) is 17.3. The number of hydrogen-bond acceptors (Lipinski definition) is 3. The maximum Gasteiger partial charge on any atom is 0.331 e. The van der Waals surface area contributed by atoms with Gasteiger partial charge in [-0.05, 0) is 127 Å². The van der Waals surface area contributed by atoms with Crippen LogP contribution in [-0.2, 0) is 14.3 Å². The van der Waals surface area contributed by atoms with Crippen molar-refractivity contribution in [1.29, 1.82) is 0 Å². The molecule has 0 spiro atoms. The van der Waals surface area contributed by atoms with Crippen LogP contribution in [0, 0.1) is 50.2 Å². The van der Waals surface area contributed by atoms with Crippen LogP contribution in [0.3, 0.4) is 0 Å². The van der Waals surface area contributed by atoms with Crippen LogP contribution in [0.5, 0.6) is 0 Å². The Labute approximate surface area is 270 Å². The number of carboxylic acids is 1. The molecule has 1 N–H and O–H groups in total. The fourth-order valence-corrected chi connectivity index (χ4v) is 11.9. The maximum atomic E-state index is 13.0. The van der Waals surface area contributed by atoms with Crippen molar-refractivity contribution in [1.82, 2.24) is 0 Å². The van der Waals surface area contributed by atoms with Gasteiger partial charge in [0, 0.05) is 16.5 Å². The Morgan fingerprint density at radius 2 is 1.57 bits per heavy atom. The summed E-state index contributed by atoms with van der Waals surface area (Å²) in [5.74, 6) is 0.269. The molecule has 0 bridgehead atoms. The lowest BCUT2D eigenvalue weighted by Gasteiger charge is -2.71. The topological polar surface area (TPSA) is 63.6 Å². The summed E-state index contributed by atoms with van der Waals surface area (Å²) in [7, 11) is 0. The summed E-state index contributed by atoms with van der Waals surface area (Å²) in [6.07, 6.45) is 15.5. The highest BCUT2D eigenvalue weighted by molar-refractivity contribution is 6.30. The van der Waals surface area contributed by atoms with Gasteiger partial charge in [-0.25, -0.2) is 4.79 Å². The van der Waals surface area contributed by atoms with Crippen LogP contribution in [0.15, 0.2) is 42.0 Å². The predicted molar refractivity (Wildman–Crippen MR) is 177 cm³/mol. The minimum absolute atomic E-state index is 0.0147. The Bertz CT molecular complexity index is 1390. The summed E-state index contributed by atoms with van der Waals surface area (Å²) in [4.78, 5) is 25.9. The van der Waals surface area contributed by atoms with Gasteiger partial charge in [-0.2, -0.15) is 0 Å². The van der Waals surface area contributed by atoms with E-state index in [1.807, 2.05) is 24.3 Å². The predicted octanol–water partition coefficient (Wildman–Crippen LogP) is 10.2. The van der Waals surface area contributed by atoms with Gasteiger partial charge >= 0.3 is 11.9 Å². The number of halogens is 1. The van der Waals surface area contributed by atoms with Gasteiger partial charge < -0.3 is 9.84 Å². The molecule has 5 aliphatic rings. The van der Waals surface area contributed by atoms with Crippen LogP contribution >= 0.6 is 11.6 Å². The zero-order chi connectivity index (χ0) is 31.9. The number of carboxylic acid groups (broad SMARTS) is 1. The quantitative estimate of drug-likeness (QED) is 0.207. The molecular formula is C39H53ClO4. The van der Waals surface area contributed by atoms with E-state index in [1.54, 1.807) is 12.2 Å². The monoisotopic (exact) mass is 620 g/mol. The van der Waals surface area contributed by atoms with Crippen molar-refractivity contribution in [3.05, 3.63) is 52.6 Å². The number of allylic oxidation sites excluding steroid dienone is 2. The van der Waals surface area contributed by atoms with Crippen LogP contribution in [0.25, 0.3) is 6.08 Å². The molecule has 4 nitrogen and oxygen atoms in total. The molecule has 240 valence electrons. The smallest absolute Gasteiger partial charge is 0.331 e. The number of carbonyl (C=O) groups excluding carboxylic acids is 1. The highest BCUT2D eigenvalue weighted by atomic mass is 35.5. The van der Waals surface area contributed by atoms with Crippen molar-refractivity contribution in [3.63, 3.8) is 0 Å². The lowest BCUT2D eigenvalue weighted by Crippen LogP contribution is -2.65. The Balaban J connectivity index is 1.26. The first-order chi connectivity index (χ1) is 20.5. The SMILES string of the molecule is CC1(C)CC[C@]2(C(=O)O)CC[C@]3(C)C(=CC[C@@H]4[C@@]5(C)CC[C@H](OC(=O)/C=C\c6ccc(Cl)cc6)C(C)(C)[C@@H]5CC[C@]43C)[C@@H]2C1. The van der Waals surface area contributed by atoms with Crippen LogP contribution < -0.4 is 0 Å². The molecule has 0 amide bonds. The number of benzene rings is 1. The average molecular weight is 621 g/mol. The number of fused-ring (bicyclic) bond motifs is 7. The van der Waals surface area contributed by atoms with Crippen molar-refractivity contribution in [2.24, 2.45) is 50.2 Å². The normalized spacial score (nSPS) is 42.2. The van der Waals surface area contributed by atoms with E-state index < -0.39 is 11.4 Å². The van der Waals surface area contributed by atoms with Gasteiger partial charge in [-0.1, -0.05) is 83.8 Å². The highest BCUT2D eigenvalue weighted by Crippen LogP contribution is 2.75. The number of hydrogen-bond donors (Lipinski definition) is 1. The third kappa shape index (κ3) is 4.66. The molecule has 6 rings (SSSR count). The van der Waals surface area contributed by atoms with E-state index in [0.29, 0.717) is 16.9 Å². The minimum atomic E-state index is -0.600. The highest BCUT2D eigenvalue weighted by Gasteiger charge is 2.69. The van der Waals surface area contributed by atoms with Gasteiger partial charge in [-0.3, -0.25) is 4.79 Å². The molecule has 5 aliphatic carbocycles. The molecule has 0 aliphatic heterocycles. The third-order valence-corrected chi connectivity index (χ3v) is 14.8. The summed E-state index contributed by atoms with van der Waals surface area (Å²) in [5.41, 5.74) is 2.11. The molecule has 0 heterocycles. The molecule has 44 heavy (non-hydrogen) atoms. The number of rotatable bonds is 4. The van der Waals surface area contributed by atoms with Crippen LogP contribution in [0.1, 0.15) is 118 Å². The van der Waals surface area contributed by atoms with Gasteiger partial charge in [0.15, 0.2) is 0 Å². The van der Waals surface area contributed by atoms with E-state index in [-0.39, 0.29) is 45.1 Å². The van der Waals surface area contributed by atoms with Crippen LogP contribution in [0.2, 0.25) is 5.02 Å². The molecule has 0 aromatic heterocycles. The third-order valence-electron chi connectivity index (χ3n) is 14.5. The zero-order valence-corrected chi connectivity index (χ0v) is 28.7. The summed E-state index contributed by atoms with van der Waals surface area (Å²) in [5, 5.41) is 11.3. The van der Waals surface area contributed by atoms with Gasteiger partial charge in [0.2, 0.25) is 0 Å². The fourth-order valence-electron chi connectivity index (χ4n) is 11.7. The van der Waals surface area contributed by atoms with Crippen molar-refractivity contribution >= 4 is 29.6 Å². The van der Waals surface area contributed by atoms with Gasteiger partial charge in [-0.15, -0.1) is 0 Å². The summed E-state index contributed by atoms with van der Waals surface area (Å²) in [6, 6.07) is 7.44. The first-order valence-electron chi connectivity index (χ1n) is 17.1. The van der Waals surface area contributed by atoms with E-state index in [4.69, 9.17) is 16.3 Å². The molecule has 5 heteroatoms. The number of ether oxygens (including phenoxy) is 1. The Morgan fingerprint density at radius 1 is 0.886 bits per heavy atom. The first-order valence-corrected chi connectivity index (χ1v) is 17.4. The minimum Gasteiger partial charge on any atom is -0.481 e. The average Bonchev–Trinajstić information content (AvgIpc) is 2.94. The molecule has 1 aromatic rings. The fraction of sp³-hybridized carbons (Fsp3) is 0.692. The molecule has 1 aromatic carbocycles. The summed E-state index contributed by atoms with van der Waals surface area (Å²) >= 11 is 6.01. The molecule has 4 fully saturated rings. The largest absolute Gasteiger partial charge is 0.481 e. The zero-order valence-electron chi connectivity index (χ0n) is 28.0. The van der Waals surface area contributed by atoms with E-state index in [1.165, 1.54) is 5.57 Å². The Morgan fingerprint density at radius 3 is 2.25 bits per heavy atom. The number of carbonyl (C=O) groups is 2. The lowest BCUT2D eigenvalue weighted by molar-refractivity contribution is -0.212. The molecule has 0 radical (unpaired) electrons. The summed E-state index contributed by atoms with van der Waals surface area (Å²) in [6.45, 7) is 16.9. The van der Waals surface area contributed by atoms with E-state index in [2.05, 4.69) is 54.5 Å². The molecule has 4 saturated carbocycles. The standard InChI is InChI=1S/C39H53ClO4/c1-34(2)20-22-39(33(42)43)23-21-37(6)27(28(39)24-34)13-14-30-36(5)18-17-31(35(3,4)29(36)16-19-38(30,37)7)44-32(41)15-10-25-8-11-26(40)12-9-25/h8-13,15,28-31H,14,16-24H2,1-7H3,(H,42,43)/b15-10-/t28-,29-,30+,31-,36-,37+,38+,39-/m0/s1. The summed E-state index contributed by atoms with van der Waals surface area (Å²) < 4.78 is 6.21. The second-order valence-corrected chi connectivity index (χ2v) is 17.8. The lowest BCUT2D eigenvalue weighted by atomic mass is 9.33. The molecule has 8 atom stereocenters. The second kappa shape index (κ2) is 10.5. The molecular weight excluding hydrogens is 568 g/mol. The van der Waals surface area contributed by atoms with Crippen molar-refractivity contribution < 1.29 is 19.4 Å². The Hall–Kier alpha value is -2.07. The van der Waals surface area contributed by atoms with Crippen molar-refractivity contribution in [3.8, 4) is 0 Å². The van der Waals surface area contributed by atoms with Gasteiger partial charge in [0.05, 0.1) is 5.41 Å². The number of aliphatic carboxylic acids is 1. The van der Waals surface area contributed by atoms with Gasteiger partial charge in [0.1, 0.15) is 6.10 Å². The van der Waals surface area contributed by atoms with E-state index in [0.717, 1.165) is 69.8 Å². The van der Waals surface area contributed by atoms with Crippen LogP contribution in [0.4, 0.5) is 0 Å². The van der Waals surface area contributed by atoms with Crippen molar-refractivity contribution in [2.45, 2.75) is 119 Å². The van der Waals surface area contributed by atoms with Gasteiger partial charge in [0.25, 0.3) is 0 Å². The van der Waals surface area contributed by atoms with Crippen LogP contribution in [-0.4, -0.2) is 23.1 Å². The maximum absolute atomic E-state index is 13.0. The van der Waals surface area contributed by atoms with Crippen molar-refractivity contribution in [2.75, 3.05) is 0 Å².